The Morgan fingerprint density at radius 3 is 2.43 bits per heavy atom. The third-order valence-electron chi connectivity index (χ3n) is 3.49. The number of likely N-dealkylation sites (tertiary alicyclic amines) is 1. The largest absolute Gasteiger partial charge is 0.340 e. The smallest absolute Gasteiger partial charge is 0.241 e. The fourth-order valence-electron chi connectivity index (χ4n) is 2.21. The molecule has 0 saturated carbocycles. The minimum atomic E-state index is -3.81. The summed E-state index contributed by atoms with van der Waals surface area (Å²) in [6.07, 6.45) is 0.676. The number of halogens is 2. The minimum absolute atomic E-state index is 0. The van der Waals surface area contributed by atoms with Crippen LogP contribution in [-0.2, 0) is 14.6 Å². The summed E-state index contributed by atoms with van der Waals surface area (Å²) < 4.78 is 37.5. The topological polar surface area (TPSA) is 80.5 Å². The number of sulfone groups is 1. The molecule has 1 unspecified atom stereocenters. The molecule has 0 aliphatic carbocycles. The fraction of sp³-hybridized carbons (Fsp3) is 0.462. The van der Waals surface area contributed by atoms with E-state index in [2.05, 4.69) is 0 Å². The van der Waals surface area contributed by atoms with E-state index in [0.717, 1.165) is 12.1 Å². The Hall–Kier alpha value is -1.18. The van der Waals surface area contributed by atoms with Crippen LogP contribution in [0.2, 0.25) is 0 Å². The van der Waals surface area contributed by atoms with Gasteiger partial charge in [0.05, 0.1) is 4.90 Å². The van der Waals surface area contributed by atoms with Crippen LogP contribution < -0.4 is 5.73 Å². The number of hydrogen-bond acceptors (Lipinski definition) is 4. The zero-order chi connectivity index (χ0) is 14.9. The SMILES string of the molecule is CC(C(=O)N1CC[C@@H](N)C1)S(=O)(=O)c1ccc(F)cc1.Cl. The van der Waals surface area contributed by atoms with Crippen molar-refractivity contribution in [1.82, 2.24) is 4.90 Å². The molecule has 0 spiro atoms. The van der Waals surface area contributed by atoms with Gasteiger partial charge in [0.15, 0.2) is 9.84 Å². The number of carbonyl (C=O) groups is 1. The lowest BCUT2D eigenvalue weighted by molar-refractivity contribution is -0.129. The first kappa shape index (κ1) is 17.9. The molecule has 1 fully saturated rings. The molecule has 5 nitrogen and oxygen atoms in total. The van der Waals surface area contributed by atoms with Gasteiger partial charge >= 0.3 is 0 Å². The van der Waals surface area contributed by atoms with Crippen LogP contribution in [0.5, 0.6) is 0 Å². The highest BCUT2D eigenvalue weighted by Gasteiger charge is 2.35. The van der Waals surface area contributed by atoms with Gasteiger partial charge in [0.2, 0.25) is 5.91 Å². The van der Waals surface area contributed by atoms with Gasteiger partial charge in [-0.05, 0) is 37.6 Å². The van der Waals surface area contributed by atoms with Crippen molar-refractivity contribution in [1.29, 1.82) is 0 Å². The van der Waals surface area contributed by atoms with E-state index in [-0.39, 0.29) is 23.3 Å². The van der Waals surface area contributed by atoms with Crippen molar-refractivity contribution in [3.63, 3.8) is 0 Å². The molecular formula is C13H18ClFN2O3S. The Morgan fingerprint density at radius 2 is 1.95 bits per heavy atom. The lowest BCUT2D eigenvalue weighted by Crippen LogP contribution is -2.41. The van der Waals surface area contributed by atoms with Crippen molar-refractivity contribution in [2.24, 2.45) is 5.73 Å². The summed E-state index contributed by atoms with van der Waals surface area (Å²) in [5.74, 6) is -0.976. The van der Waals surface area contributed by atoms with Gasteiger partial charge in [-0.1, -0.05) is 0 Å². The zero-order valence-electron chi connectivity index (χ0n) is 11.5. The second-order valence-corrected chi connectivity index (χ2v) is 7.24. The predicted molar refractivity (Wildman–Crippen MR) is 79.5 cm³/mol. The van der Waals surface area contributed by atoms with E-state index in [9.17, 15) is 17.6 Å². The number of carbonyl (C=O) groups excluding carboxylic acids is 1. The highest BCUT2D eigenvalue weighted by atomic mass is 35.5. The lowest BCUT2D eigenvalue weighted by atomic mass is 10.3. The van der Waals surface area contributed by atoms with E-state index in [1.165, 1.54) is 24.0 Å². The van der Waals surface area contributed by atoms with E-state index >= 15 is 0 Å². The van der Waals surface area contributed by atoms with Gasteiger partial charge in [0.25, 0.3) is 0 Å². The number of nitrogens with zero attached hydrogens (tertiary/aromatic N) is 1. The summed E-state index contributed by atoms with van der Waals surface area (Å²) in [4.78, 5) is 13.6. The first-order valence-electron chi connectivity index (χ1n) is 6.36. The quantitative estimate of drug-likeness (QED) is 0.834. The molecule has 0 bridgehead atoms. The van der Waals surface area contributed by atoms with Crippen molar-refractivity contribution in [2.45, 2.75) is 29.5 Å². The van der Waals surface area contributed by atoms with E-state index < -0.39 is 26.8 Å². The van der Waals surface area contributed by atoms with Crippen LogP contribution in [0.3, 0.4) is 0 Å². The van der Waals surface area contributed by atoms with E-state index in [1.54, 1.807) is 0 Å². The summed E-state index contributed by atoms with van der Waals surface area (Å²) in [6, 6.07) is 4.37. The first-order chi connectivity index (χ1) is 9.32. The molecule has 2 rings (SSSR count). The molecule has 1 aromatic carbocycles. The third kappa shape index (κ3) is 3.72. The molecule has 2 N–H and O–H groups in total. The summed E-state index contributed by atoms with van der Waals surface area (Å²) in [6.45, 7) is 2.20. The van der Waals surface area contributed by atoms with Crippen molar-refractivity contribution in [3.8, 4) is 0 Å². The third-order valence-corrected chi connectivity index (χ3v) is 5.55. The van der Waals surface area contributed by atoms with Crippen LogP contribution in [0.1, 0.15) is 13.3 Å². The number of rotatable bonds is 3. The first-order valence-corrected chi connectivity index (χ1v) is 7.91. The Labute approximate surface area is 129 Å². The van der Waals surface area contributed by atoms with Gasteiger partial charge in [-0.25, -0.2) is 12.8 Å². The van der Waals surface area contributed by atoms with Crippen LogP contribution in [0.4, 0.5) is 4.39 Å². The number of hydrogen-bond donors (Lipinski definition) is 1. The number of nitrogens with two attached hydrogens (primary N) is 1. The highest BCUT2D eigenvalue weighted by Crippen LogP contribution is 2.20. The Bertz CT molecular complexity index is 606. The summed E-state index contributed by atoms with van der Waals surface area (Å²) in [5, 5.41) is -1.20. The minimum Gasteiger partial charge on any atom is -0.340 e. The van der Waals surface area contributed by atoms with Gasteiger partial charge < -0.3 is 10.6 Å². The summed E-state index contributed by atoms with van der Waals surface area (Å²) in [7, 11) is -3.81. The average Bonchev–Trinajstić information content (AvgIpc) is 2.84. The molecule has 118 valence electrons. The molecule has 0 radical (unpaired) electrons. The fourth-order valence-corrected chi connectivity index (χ4v) is 3.54. The van der Waals surface area contributed by atoms with Crippen LogP contribution >= 0.6 is 12.4 Å². The lowest BCUT2D eigenvalue weighted by Gasteiger charge is -2.20. The van der Waals surface area contributed by atoms with Gasteiger partial charge in [-0.2, -0.15) is 0 Å². The summed E-state index contributed by atoms with van der Waals surface area (Å²) in [5.41, 5.74) is 5.71. The van der Waals surface area contributed by atoms with Crippen molar-refractivity contribution in [2.75, 3.05) is 13.1 Å². The van der Waals surface area contributed by atoms with E-state index in [4.69, 9.17) is 5.73 Å². The van der Waals surface area contributed by atoms with Crippen LogP contribution in [0.15, 0.2) is 29.2 Å². The van der Waals surface area contributed by atoms with Gasteiger partial charge in [0.1, 0.15) is 11.1 Å². The normalized spacial score (nSPS) is 20.0. The summed E-state index contributed by atoms with van der Waals surface area (Å²) >= 11 is 0. The molecule has 1 saturated heterocycles. The molecule has 1 aromatic rings. The van der Waals surface area contributed by atoms with Crippen molar-refractivity contribution >= 4 is 28.2 Å². The molecule has 2 atom stereocenters. The molecule has 0 aromatic heterocycles. The highest BCUT2D eigenvalue weighted by molar-refractivity contribution is 7.92. The maximum absolute atomic E-state index is 12.8. The maximum atomic E-state index is 12.8. The van der Waals surface area contributed by atoms with Crippen molar-refractivity contribution in [3.05, 3.63) is 30.1 Å². The average molecular weight is 337 g/mol. The van der Waals surface area contributed by atoms with Gasteiger partial charge in [-0.3, -0.25) is 4.79 Å². The van der Waals surface area contributed by atoms with Gasteiger partial charge in [0, 0.05) is 19.1 Å². The Balaban J connectivity index is 0.00000220. The predicted octanol–water partition coefficient (Wildman–Crippen LogP) is 0.969. The number of amides is 1. The standard InChI is InChI=1S/C13H17FN2O3S.ClH/c1-9(13(17)16-7-6-11(15)8-16)20(18,19)12-4-2-10(14)3-5-12;/h2-5,9,11H,6-8,15H2,1H3;1H/t9?,11-;/m1./s1. The molecule has 21 heavy (non-hydrogen) atoms. The molecule has 1 aliphatic rings. The molecule has 1 heterocycles. The zero-order valence-corrected chi connectivity index (χ0v) is 13.2. The Kier molecular flexibility index (Phi) is 5.72. The molecule has 1 amide bonds. The Morgan fingerprint density at radius 1 is 1.38 bits per heavy atom. The number of benzene rings is 1. The van der Waals surface area contributed by atoms with Crippen LogP contribution in [0, 0.1) is 5.82 Å². The van der Waals surface area contributed by atoms with Crippen molar-refractivity contribution < 1.29 is 17.6 Å². The monoisotopic (exact) mass is 336 g/mol. The van der Waals surface area contributed by atoms with E-state index in [0.29, 0.717) is 19.5 Å². The molecule has 1 aliphatic heterocycles. The van der Waals surface area contributed by atoms with Gasteiger partial charge in [-0.15, -0.1) is 12.4 Å². The second kappa shape index (κ2) is 6.72. The second-order valence-electron chi connectivity index (χ2n) is 4.97. The molecule has 8 heteroatoms. The van der Waals surface area contributed by atoms with E-state index in [1.807, 2.05) is 0 Å². The maximum Gasteiger partial charge on any atom is 0.241 e. The van der Waals surface area contributed by atoms with Crippen LogP contribution in [0.25, 0.3) is 0 Å². The van der Waals surface area contributed by atoms with Crippen LogP contribution in [-0.4, -0.2) is 43.6 Å². The molecular weight excluding hydrogens is 319 g/mol.